The number of hydrogen-bond donors (Lipinski definition) is 2. The second kappa shape index (κ2) is 7.56. The summed E-state index contributed by atoms with van der Waals surface area (Å²) in [5, 5.41) is 6.02. The lowest BCUT2D eigenvalue weighted by molar-refractivity contribution is 0.0945. The van der Waals surface area contributed by atoms with E-state index in [0.29, 0.717) is 35.4 Å². The Labute approximate surface area is 162 Å². The number of rotatable bonds is 5. The second-order valence-corrected chi connectivity index (χ2v) is 6.58. The molecule has 0 radical (unpaired) electrons. The summed E-state index contributed by atoms with van der Waals surface area (Å²) in [5.41, 5.74) is 3.96. The van der Waals surface area contributed by atoms with E-state index < -0.39 is 0 Å². The quantitative estimate of drug-likeness (QED) is 0.709. The number of ether oxygens (including phenoxy) is 2. The molecular weight excluding hydrogens is 356 g/mol. The molecular formula is C21H20N4O3. The van der Waals surface area contributed by atoms with Gasteiger partial charge < -0.3 is 20.1 Å². The molecule has 2 N–H and O–H groups in total. The van der Waals surface area contributed by atoms with E-state index in [1.54, 1.807) is 6.07 Å². The highest BCUT2D eigenvalue weighted by Gasteiger charge is 2.15. The third-order valence-electron chi connectivity index (χ3n) is 4.28. The molecule has 0 fully saturated rings. The van der Waals surface area contributed by atoms with Crippen LogP contribution in [0, 0.1) is 13.8 Å². The maximum absolute atomic E-state index is 12.6. The highest BCUT2D eigenvalue weighted by Crippen LogP contribution is 2.32. The molecule has 142 valence electrons. The Balaban J connectivity index is 1.45. The molecule has 1 aliphatic heterocycles. The normalized spacial score (nSPS) is 11.9. The number of nitrogens with one attached hydrogen (secondary N) is 2. The van der Waals surface area contributed by atoms with Crippen molar-refractivity contribution in [2.45, 2.75) is 20.4 Å². The second-order valence-electron chi connectivity index (χ2n) is 6.58. The number of carbonyl (C=O) groups is 1. The molecule has 4 rings (SSSR count). The molecule has 0 aliphatic carbocycles. The minimum Gasteiger partial charge on any atom is -0.454 e. The smallest absolute Gasteiger partial charge is 0.270 e. The van der Waals surface area contributed by atoms with Gasteiger partial charge in [0.15, 0.2) is 11.5 Å². The van der Waals surface area contributed by atoms with Gasteiger partial charge in [0.05, 0.1) is 0 Å². The fraction of sp³-hybridized carbons (Fsp3) is 0.190. The van der Waals surface area contributed by atoms with Crippen LogP contribution in [0.15, 0.2) is 48.5 Å². The van der Waals surface area contributed by atoms with Crippen LogP contribution in [0.1, 0.15) is 27.3 Å². The maximum atomic E-state index is 12.6. The van der Waals surface area contributed by atoms with Crippen LogP contribution >= 0.6 is 0 Å². The SMILES string of the molecule is Cc1ccc(Nc2nc(C)cc(C(=O)NCc3ccc4c(c3)OCO4)n2)cc1. The predicted molar refractivity (Wildman–Crippen MR) is 105 cm³/mol. The third-order valence-corrected chi connectivity index (χ3v) is 4.28. The van der Waals surface area contributed by atoms with E-state index in [4.69, 9.17) is 9.47 Å². The van der Waals surface area contributed by atoms with Crippen LogP contribution in [-0.4, -0.2) is 22.7 Å². The minimum absolute atomic E-state index is 0.224. The standard InChI is InChI=1S/C21H20N4O3/c1-13-3-6-16(7-4-13)24-21-23-14(2)9-17(25-21)20(26)22-11-15-5-8-18-19(10-15)28-12-27-18/h3-10H,11-12H2,1-2H3,(H,22,26)(H,23,24,25). The van der Waals surface area contributed by atoms with Gasteiger partial charge >= 0.3 is 0 Å². The number of aryl methyl sites for hydroxylation is 2. The summed E-state index contributed by atoms with van der Waals surface area (Å²) in [6.45, 7) is 4.44. The number of amides is 1. The first-order valence-corrected chi connectivity index (χ1v) is 8.93. The van der Waals surface area contributed by atoms with E-state index in [1.807, 2.05) is 56.3 Å². The lowest BCUT2D eigenvalue weighted by Crippen LogP contribution is -2.24. The average Bonchev–Trinajstić information content (AvgIpc) is 3.15. The van der Waals surface area contributed by atoms with Crippen LogP contribution in [0.2, 0.25) is 0 Å². The van der Waals surface area contributed by atoms with Crippen LogP contribution in [0.5, 0.6) is 11.5 Å². The van der Waals surface area contributed by atoms with Crippen LogP contribution in [0.4, 0.5) is 11.6 Å². The van der Waals surface area contributed by atoms with Crippen molar-refractivity contribution >= 4 is 17.5 Å². The molecule has 28 heavy (non-hydrogen) atoms. The van der Waals surface area contributed by atoms with Crippen molar-refractivity contribution in [3.8, 4) is 11.5 Å². The Bertz CT molecular complexity index is 1020. The topological polar surface area (TPSA) is 85.4 Å². The molecule has 0 unspecified atom stereocenters. The van der Waals surface area contributed by atoms with Gasteiger partial charge in [-0.05, 0) is 49.7 Å². The minimum atomic E-state index is -0.268. The zero-order valence-corrected chi connectivity index (χ0v) is 15.7. The van der Waals surface area contributed by atoms with Crippen molar-refractivity contribution in [2.75, 3.05) is 12.1 Å². The number of fused-ring (bicyclic) bond motifs is 1. The molecule has 0 saturated carbocycles. The fourth-order valence-electron chi connectivity index (χ4n) is 2.83. The first-order valence-electron chi connectivity index (χ1n) is 8.93. The molecule has 7 nitrogen and oxygen atoms in total. The Morgan fingerprint density at radius 2 is 1.79 bits per heavy atom. The summed E-state index contributed by atoms with van der Waals surface area (Å²) < 4.78 is 10.7. The van der Waals surface area contributed by atoms with Crippen LogP contribution in [-0.2, 0) is 6.54 Å². The Kier molecular flexibility index (Phi) is 4.80. The average molecular weight is 376 g/mol. The van der Waals surface area contributed by atoms with Gasteiger partial charge in [-0.15, -0.1) is 0 Å². The number of hydrogen-bond acceptors (Lipinski definition) is 6. The molecule has 7 heteroatoms. The van der Waals surface area contributed by atoms with Crippen molar-refractivity contribution in [1.29, 1.82) is 0 Å². The molecule has 0 bridgehead atoms. The van der Waals surface area contributed by atoms with E-state index in [9.17, 15) is 4.79 Å². The van der Waals surface area contributed by atoms with E-state index in [1.165, 1.54) is 5.56 Å². The van der Waals surface area contributed by atoms with Crippen molar-refractivity contribution in [3.63, 3.8) is 0 Å². The first-order chi connectivity index (χ1) is 13.6. The van der Waals surface area contributed by atoms with Crippen LogP contribution in [0.25, 0.3) is 0 Å². The lowest BCUT2D eigenvalue weighted by atomic mass is 10.2. The molecule has 0 saturated heterocycles. The van der Waals surface area contributed by atoms with Gasteiger partial charge in [0.1, 0.15) is 5.69 Å². The van der Waals surface area contributed by atoms with E-state index in [0.717, 1.165) is 11.3 Å². The van der Waals surface area contributed by atoms with Crippen LogP contribution < -0.4 is 20.1 Å². The van der Waals surface area contributed by atoms with E-state index in [2.05, 4.69) is 20.6 Å². The highest BCUT2D eigenvalue weighted by molar-refractivity contribution is 5.92. The van der Waals surface area contributed by atoms with Crippen molar-refractivity contribution in [3.05, 3.63) is 71.0 Å². The molecule has 2 heterocycles. The molecule has 0 atom stereocenters. The number of anilines is 2. The molecule has 3 aromatic rings. The van der Waals surface area contributed by atoms with Crippen LogP contribution in [0.3, 0.4) is 0 Å². The molecule has 1 aliphatic rings. The van der Waals surface area contributed by atoms with Gasteiger partial charge in [0, 0.05) is 17.9 Å². The Morgan fingerprint density at radius 3 is 2.61 bits per heavy atom. The largest absolute Gasteiger partial charge is 0.454 e. The molecule has 1 amide bonds. The van der Waals surface area contributed by atoms with E-state index in [-0.39, 0.29) is 12.7 Å². The number of benzene rings is 2. The number of nitrogens with zero attached hydrogens (tertiary/aromatic N) is 2. The Morgan fingerprint density at radius 1 is 1.00 bits per heavy atom. The predicted octanol–water partition coefficient (Wildman–Crippen LogP) is 3.50. The maximum Gasteiger partial charge on any atom is 0.270 e. The number of aromatic nitrogens is 2. The number of carbonyl (C=O) groups excluding carboxylic acids is 1. The van der Waals surface area contributed by atoms with Gasteiger partial charge in [-0.1, -0.05) is 23.8 Å². The fourth-order valence-corrected chi connectivity index (χ4v) is 2.83. The first kappa shape index (κ1) is 17.8. The zero-order chi connectivity index (χ0) is 19.5. The molecule has 0 spiro atoms. The summed E-state index contributed by atoms with van der Waals surface area (Å²) >= 11 is 0. The van der Waals surface area contributed by atoms with Gasteiger partial charge in [0.2, 0.25) is 12.7 Å². The van der Waals surface area contributed by atoms with Crippen molar-refractivity contribution < 1.29 is 14.3 Å². The lowest BCUT2D eigenvalue weighted by Gasteiger charge is -2.09. The van der Waals surface area contributed by atoms with E-state index >= 15 is 0 Å². The third kappa shape index (κ3) is 4.03. The van der Waals surface area contributed by atoms with Gasteiger partial charge in [-0.2, -0.15) is 0 Å². The molecule has 2 aromatic carbocycles. The Hall–Kier alpha value is -3.61. The summed E-state index contributed by atoms with van der Waals surface area (Å²) in [7, 11) is 0. The summed E-state index contributed by atoms with van der Waals surface area (Å²) in [6.07, 6.45) is 0. The summed E-state index contributed by atoms with van der Waals surface area (Å²) in [4.78, 5) is 21.3. The zero-order valence-electron chi connectivity index (χ0n) is 15.7. The summed E-state index contributed by atoms with van der Waals surface area (Å²) in [5.74, 6) is 1.52. The van der Waals surface area contributed by atoms with Crippen molar-refractivity contribution in [2.24, 2.45) is 0 Å². The van der Waals surface area contributed by atoms with Gasteiger partial charge in [-0.3, -0.25) is 4.79 Å². The highest BCUT2D eigenvalue weighted by atomic mass is 16.7. The molecule has 1 aromatic heterocycles. The van der Waals surface area contributed by atoms with Gasteiger partial charge in [-0.25, -0.2) is 9.97 Å². The summed E-state index contributed by atoms with van der Waals surface area (Å²) in [6, 6.07) is 15.1. The monoisotopic (exact) mass is 376 g/mol. The van der Waals surface area contributed by atoms with Gasteiger partial charge in [0.25, 0.3) is 5.91 Å². The van der Waals surface area contributed by atoms with Crippen molar-refractivity contribution in [1.82, 2.24) is 15.3 Å².